The Morgan fingerprint density at radius 3 is 2.38 bits per heavy atom. The Bertz CT molecular complexity index is 707. The number of aryl methyl sites for hydroxylation is 1. The van der Waals surface area contributed by atoms with Gasteiger partial charge in [0.05, 0.1) is 6.42 Å². The molecule has 0 unspecified atom stereocenters. The molecular weight excluding hydrogens is 310 g/mol. The predicted octanol–water partition coefficient (Wildman–Crippen LogP) is 2.62. The van der Waals surface area contributed by atoms with Gasteiger partial charge in [-0.2, -0.15) is 0 Å². The first-order valence-corrected chi connectivity index (χ1v) is 7.78. The monoisotopic (exact) mass is 331 g/mol. The number of hydrogen-bond donors (Lipinski definition) is 1. The first kappa shape index (κ1) is 17.7. The van der Waals surface area contributed by atoms with Crippen LogP contribution >= 0.6 is 0 Å². The smallest absolute Gasteiger partial charge is 0.305 e. The largest absolute Gasteiger partial charge is 0.481 e. The van der Waals surface area contributed by atoms with Gasteiger partial charge in [-0.3, -0.25) is 9.59 Å². The molecule has 1 aromatic carbocycles. The first-order chi connectivity index (χ1) is 11.4. The number of rotatable bonds is 7. The van der Waals surface area contributed by atoms with Crippen molar-refractivity contribution in [2.24, 2.45) is 5.92 Å². The molecule has 1 amide bonds. The molecule has 0 aliphatic rings. The van der Waals surface area contributed by atoms with Gasteiger partial charge in [-0.15, -0.1) is 10.2 Å². The zero-order chi connectivity index (χ0) is 17.7. The lowest BCUT2D eigenvalue weighted by Gasteiger charge is -2.24. The lowest BCUT2D eigenvalue weighted by atomic mass is 10.1. The number of nitrogens with zero attached hydrogens (tertiary/aromatic N) is 3. The first-order valence-electron chi connectivity index (χ1n) is 7.78. The number of carboxylic acids is 1. The number of benzene rings is 1. The molecule has 0 atom stereocenters. The molecule has 2 aromatic rings. The second-order valence-corrected chi connectivity index (χ2v) is 5.99. The Morgan fingerprint density at radius 2 is 1.88 bits per heavy atom. The molecule has 24 heavy (non-hydrogen) atoms. The number of carbonyl (C=O) groups is 2. The molecule has 128 valence electrons. The van der Waals surface area contributed by atoms with Crippen LogP contribution in [0.2, 0.25) is 0 Å². The third-order valence-corrected chi connectivity index (χ3v) is 3.37. The van der Waals surface area contributed by atoms with E-state index in [1.165, 1.54) is 0 Å². The maximum atomic E-state index is 12.6. The van der Waals surface area contributed by atoms with Crippen LogP contribution in [0.4, 0.5) is 0 Å². The maximum Gasteiger partial charge on any atom is 0.305 e. The van der Waals surface area contributed by atoms with Crippen molar-refractivity contribution in [1.29, 1.82) is 0 Å². The summed E-state index contributed by atoms with van der Waals surface area (Å²) >= 11 is 0. The normalized spacial score (nSPS) is 10.8. The molecule has 0 radical (unpaired) electrons. The third kappa shape index (κ3) is 4.65. The fourth-order valence-corrected chi connectivity index (χ4v) is 2.30. The SMILES string of the molecule is Cc1nnc(-c2ccc(C(=O)N(CCC(=O)O)CC(C)C)cc2)o1. The highest BCUT2D eigenvalue weighted by molar-refractivity contribution is 5.94. The van der Waals surface area contributed by atoms with Crippen LogP contribution in [0.3, 0.4) is 0 Å². The standard InChI is InChI=1S/C17H21N3O4/c1-11(2)10-20(9-8-15(21)22)17(23)14-6-4-13(5-7-14)16-19-18-12(3)24-16/h4-7,11H,8-10H2,1-3H3,(H,21,22). The highest BCUT2D eigenvalue weighted by Gasteiger charge is 2.18. The molecule has 7 nitrogen and oxygen atoms in total. The molecule has 1 heterocycles. The Balaban J connectivity index is 2.14. The van der Waals surface area contributed by atoms with Gasteiger partial charge in [-0.05, 0) is 30.2 Å². The van der Waals surface area contributed by atoms with E-state index in [2.05, 4.69) is 10.2 Å². The van der Waals surface area contributed by atoms with E-state index >= 15 is 0 Å². The van der Waals surface area contributed by atoms with Crippen molar-refractivity contribution in [3.8, 4) is 11.5 Å². The average Bonchev–Trinajstić information content (AvgIpc) is 2.97. The van der Waals surface area contributed by atoms with Crippen molar-refractivity contribution in [3.05, 3.63) is 35.7 Å². The van der Waals surface area contributed by atoms with E-state index in [0.717, 1.165) is 5.56 Å². The van der Waals surface area contributed by atoms with Gasteiger partial charge in [0.2, 0.25) is 11.8 Å². The van der Waals surface area contributed by atoms with Gasteiger partial charge in [-0.1, -0.05) is 13.8 Å². The van der Waals surface area contributed by atoms with Crippen molar-refractivity contribution in [2.75, 3.05) is 13.1 Å². The van der Waals surface area contributed by atoms with Crippen molar-refractivity contribution in [3.63, 3.8) is 0 Å². The molecule has 0 saturated carbocycles. The number of carboxylic acid groups (broad SMARTS) is 1. The van der Waals surface area contributed by atoms with Crippen LogP contribution in [0.25, 0.3) is 11.5 Å². The minimum atomic E-state index is -0.918. The Labute approximate surface area is 140 Å². The van der Waals surface area contributed by atoms with Gasteiger partial charge < -0.3 is 14.4 Å². The Hall–Kier alpha value is -2.70. The van der Waals surface area contributed by atoms with Crippen LogP contribution in [0, 0.1) is 12.8 Å². The number of aromatic nitrogens is 2. The second-order valence-electron chi connectivity index (χ2n) is 5.99. The Kier molecular flexibility index (Phi) is 5.68. The van der Waals surface area contributed by atoms with Gasteiger partial charge in [0.25, 0.3) is 5.91 Å². The minimum Gasteiger partial charge on any atom is -0.481 e. The Morgan fingerprint density at radius 1 is 1.21 bits per heavy atom. The highest BCUT2D eigenvalue weighted by Crippen LogP contribution is 2.19. The van der Waals surface area contributed by atoms with E-state index in [0.29, 0.717) is 23.9 Å². The molecule has 0 saturated heterocycles. The molecule has 1 N–H and O–H groups in total. The van der Waals surface area contributed by atoms with Crippen LogP contribution in [-0.4, -0.2) is 45.2 Å². The quantitative estimate of drug-likeness (QED) is 0.837. The zero-order valence-corrected chi connectivity index (χ0v) is 14.0. The maximum absolute atomic E-state index is 12.6. The summed E-state index contributed by atoms with van der Waals surface area (Å²) in [5.74, 6) is 0.0265. The number of amides is 1. The summed E-state index contributed by atoms with van der Waals surface area (Å²) in [6, 6.07) is 6.85. The predicted molar refractivity (Wildman–Crippen MR) is 87.5 cm³/mol. The van der Waals surface area contributed by atoms with E-state index in [1.807, 2.05) is 13.8 Å². The molecule has 1 aromatic heterocycles. The van der Waals surface area contributed by atoms with Crippen molar-refractivity contribution < 1.29 is 19.1 Å². The fourth-order valence-electron chi connectivity index (χ4n) is 2.30. The van der Waals surface area contributed by atoms with Crippen LogP contribution in [0.15, 0.2) is 28.7 Å². The van der Waals surface area contributed by atoms with Crippen LogP contribution < -0.4 is 0 Å². The van der Waals surface area contributed by atoms with Crippen molar-refractivity contribution in [1.82, 2.24) is 15.1 Å². The average molecular weight is 331 g/mol. The summed E-state index contributed by atoms with van der Waals surface area (Å²) in [4.78, 5) is 25.0. The summed E-state index contributed by atoms with van der Waals surface area (Å²) in [5.41, 5.74) is 1.23. The van der Waals surface area contributed by atoms with E-state index in [-0.39, 0.29) is 24.8 Å². The topological polar surface area (TPSA) is 96.5 Å². The number of hydrogen-bond acceptors (Lipinski definition) is 5. The third-order valence-electron chi connectivity index (χ3n) is 3.37. The van der Waals surface area contributed by atoms with Crippen LogP contribution in [0.5, 0.6) is 0 Å². The molecule has 0 aliphatic carbocycles. The van der Waals surface area contributed by atoms with Crippen LogP contribution in [0.1, 0.15) is 36.5 Å². The molecular formula is C17H21N3O4. The number of aliphatic carboxylic acids is 1. The zero-order valence-electron chi connectivity index (χ0n) is 14.0. The lowest BCUT2D eigenvalue weighted by molar-refractivity contribution is -0.137. The number of carbonyl (C=O) groups excluding carboxylic acids is 1. The summed E-state index contributed by atoms with van der Waals surface area (Å²) in [7, 11) is 0. The van der Waals surface area contributed by atoms with Crippen molar-refractivity contribution >= 4 is 11.9 Å². The summed E-state index contributed by atoms with van der Waals surface area (Å²) < 4.78 is 5.35. The van der Waals surface area contributed by atoms with Crippen molar-refractivity contribution in [2.45, 2.75) is 27.2 Å². The molecule has 0 bridgehead atoms. The highest BCUT2D eigenvalue weighted by atomic mass is 16.4. The summed E-state index contributed by atoms with van der Waals surface area (Å²) in [6.07, 6.45) is -0.0716. The fraction of sp³-hybridized carbons (Fsp3) is 0.412. The van der Waals surface area contributed by atoms with E-state index in [1.54, 1.807) is 36.1 Å². The molecule has 2 rings (SSSR count). The summed E-state index contributed by atoms with van der Waals surface area (Å²) in [6.45, 7) is 6.39. The van der Waals surface area contributed by atoms with E-state index < -0.39 is 5.97 Å². The lowest BCUT2D eigenvalue weighted by Crippen LogP contribution is -2.35. The summed E-state index contributed by atoms with van der Waals surface area (Å²) in [5, 5.41) is 16.6. The molecule has 0 aliphatic heterocycles. The second kappa shape index (κ2) is 7.72. The molecule has 7 heteroatoms. The van der Waals surface area contributed by atoms with Gasteiger partial charge in [0.15, 0.2) is 0 Å². The van der Waals surface area contributed by atoms with Crippen LogP contribution in [-0.2, 0) is 4.79 Å². The van der Waals surface area contributed by atoms with Gasteiger partial charge >= 0.3 is 5.97 Å². The minimum absolute atomic E-state index is 0.0716. The molecule has 0 spiro atoms. The van der Waals surface area contributed by atoms with Gasteiger partial charge in [0.1, 0.15) is 0 Å². The van der Waals surface area contributed by atoms with E-state index in [4.69, 9.17) is 9.52 Å². The van der Waals surface area contributed by atoms with E-state index in [9.17, 15) is 9.59 Å². The molecule has 0 fully saturated rings. The van der Waals surface area contributed by atoms with Gasteiger partial charge in [0, 0.05) is 31.1 Å². The van der Waals surface area contributed by atoms with Gasteiger partial charge in [-0.25, -0.2) is 0 Å².